The number of nitrogens with two attached hydrogens (primary N) is 1. The van der Waals surface area contributed by atoms with E-state index in [1.54, 1.807) is 11.8 Å². The third kappa shape index (κ3) is 4.76. The molecule has 0 saturated carbocycles. The van der Waals surface area contributed by atoms with Gasteiger partial charge in [-0.25, -0.2) is 0 Å². The molecule has 0 aliphatic carbocycles. The lowest BCUT2D eigenvalue weighted by Gasteiger charge is -2.34. The van der Waals surface area contributed by atoms with Gasteiger partial charge >= 0.3 is 11.8 Å². The lowest BCUT2D eigenvalue weighted by atomic mass is 9.84. The normalized spacial score (nSPS) is 11.3. The van der Waals surface area contributed by atoms with Crippen LogP contribution in [-0.2, 0) is 14.3 Å². The summed E-state index contributed by atoms with van der Waals surface area (Å²) in [5, 5.41) is 4.43. The Bertz CT molecular complexity index is 877. The maximum Gasteiger partial charge on any atom is 0.309 e. The molecule has 0 spiro atoms. The number of primary amides is 1. The lowest BCUT2D eigenvalue weighted by molar-refractivity contribution is -0.137. The van der Waals surface area contributed by atoms with E-state index >= 15 is 0 Å². The minimum atomic E-state index is -0.988. The van der Waals surface area contributed by atoms with Gasteiger partial charge in [0.1, 0.15) is 0 Å². The molecule has 0 aromatic heterocycles. The largest absolute Gasteiger partial charge is 0.361 e. The van der Waals surface area contributed by atoms with E-state index in [1.165, 1.54) is 0 Å². The van der Waals surface area contributed by atoms with Crippen LogP contribution in [0.4, 0.5) is 0 Å². The summed E-state index contributed by atoms with van der Waals surface area (Å²) in [7, 11) is 0. The van der Waals surface area contributed by atoms with Crippen molar-refractivity contribution >= 4 is 23.6 Å². The molecule has 2 amide bonds. The van der Waals surface area contributed by atoms with E-state index in [2.05, 4.69) is 41.7 Å². The molecule has 0 fully saturated rings. The zero-order valence-electron chi connectivity index (χ0n) is 15.8. The Morgan fingerprint density at radius 3 is 1.59 bits per heavy atom. The number of hydrogen-bond donors (Lipinski definition) is 2. The molecule has 3 N–H and O–H groups in total. The molecular formula is C24H22N2O2S. The Balaban J connectivity index is 2.01. The first kappa shape index (κ1) is 20.4. The van der Waals surface area contributed by atoms with Crippen LogP contribution in [0, 0.1) is 0 Å². The van der Waals surface area contributed by atoms with Crippen molar-refractivity contribution < 1.29 is 9.59 Å². The molecule has 29 heavy (non-hydrogen) atoms. The topological polar surface area (TPSA) is 72.2 Å². The van der Waals surface area contributed by atoms with E-state index in [0.29, 0.717) is 0 Å². The quantitative estimate of drug-likeness (QED) is 0.466. The Kier molecular flexibility index (Phi) is 6.87. The van der Waals surface area contributed by atoms with Gasteiger partial charge in [-0.1, -0.05) is 97.1 Å². The number of hydrogen-bond acceptors (Lipinski definition) is 3. The molecule has 4 nitrogen and oxygen atoms in total. The molecule has 0 aliphatic heterocycles. The van der Waals surface area contributed by atoms with Crippen LogP contribution in [0.2, 0.25) is 0 Å². The van der Waals surface area contributed by atoms with Crippen LogP contribution in [0.25, 0.3) is 0 Å². The summed E-state index contributed by atoms with van der Waals surface area (Å²) in [5.41, 5.74) is 8.41. The molecule has 3 aromatic rings. The standard InChI is InChI=1S/C24H22N2O2S/c25-22(27)23(28)26-17-10-18-29-24(19-11-4-1-5-12-19,20-13-6-2-7-14-20)21-15-8-3-9-16-21/h1-16,18H,17H2,(H2,25,27)(H,26,28)/b18-10-. The predicted molar refractivity (Wildman–Crippen MR) is 118 cm³/mol. The molecule has 3 aromatic carbocycles. The first-order valence-corrected chi connectivity index (χ1v) is 10.1. The summed E-state index contributed by atoms with van der Waals surface area (Å²) in [6, 6.07) is 30.9. The molecule has 0 unspecified atom stereocenters. The average molecular weight is 403 g/mol. The molecule has 0 radical (unpaired) electrons. The number of rotatable bonds is 7. The number of carbonyl (C=O) groups is 2. The van der Waals surface area contributed by atoms with Crippen molar-refractivity contribution in [3.63, 3.8) is 0 Å². The fourth-order valence-electron chi connectivity index (χ4n) is 3.16. The van der Waals surface area contributed by atoms with Gasteiger partial charge in [-0.15, -0.1) is 11.8 Å². The predicted octanol–water partition coefficient (Wildman–Crippen LogP) is 3.83. The van der Waals surface area contributed by atoms with Crippen molar-refractivity contribution in [2.45, 2.75) is 4.75 Å². The number of carbonyl (C=O) groups excluding carboxylic acids is 2. The van der Waals surface area contributed by atoms with Crippen LogP contribution in [0.3, 0.4) is 0 Å². The molecule has 0 bridgehead atoms. The SMILES string of the molecule is NC(=O)C(=O)NC/C=C\SC(c1ccccc1)(c1ccccc1)c1ccccc1. The molecule has 5 heteroatoms. The summed E-state index contributed by atoms with van der Waals surface area (Å²) in [6.45, 7) is 0.225. The second-order valence-electron chi connectivity index (χ2n) is 6.34. The maximum atomic E-state index is 11.3. The van der Waals surface area contributed by atoms with Crippen molar-refractivity contribution in [3.05, 3.63) is 119 Å². The van der Waals surface area contributed by atoms with Crippen LogP contribution in [-0.4, -0.2) is 18.4 Å². The summed E-state index contributed by atoms with van der Waals surface area (Å²) < 4.78 is -0.464. The van der Waals surface area contributed by atoms with Gasteiger partial charge in [0.2, 0.25) is 0 Å². The Hall–Kier alpha value is -3.31. The number of benzene rings is 3. The van der Waals surface area contributed by atoms with Gasteiger partial charge in [-0.05, 0) is 22.1 Å². The maximum absolute atomic E-state index is 11.3. The summed E-state index contributed by atoms with van der Waals surface area (Å²) in [4.78, 5) is 22.2. The average Bonchev–Trinajstić information content (AvgIpc) is 2.78. The van der Waals surface area contributed by atoms with Gasteiger partial charge in [0.05, 0.1) is 4.75 Å². The first-order valence-electron chi connectivity index (χ1n) is 9.21. The molecule has 0 saturated heterocycles. The number of thioether (sulfide) groups is 1. The van der Waals surface area contributed by atoms with Gasteiger partial charge in [-0.3, -0.25) is 9.59 Å². The fourth-order valence-corrected chi connectivity index (χ4v) is 4.37. The first-order chi connectivity index (χ1) is 14.1. The molecule has 0 atom stereocenters. The van der Waals surface area contributed by atoms with E-state index in [1.807, 2.05) is 66.1 Å². The molecule has 3 rings (SSSR count). The van der Waals surface area contributed by atoms with Crippen LogP contribution in [0.15, 0.2) is 102 Å². The number of nitrogens with one attached hydrogen (secondary N) is 1. The van der Waals surface area contributed by atoms with Crippen molar-refractivity contribution in [2.24, 2.45) is 5.73 Å². The molecular weight excluding hydrogens is 380 g/mol. The van der Waals surface area contributed by atoms with Crippen molar-refractivity contribution in [2.75, 3.05) is 6.54 Å². The van der Waals surface area contributed by atoms with E-state index in [0.717, 1.165) is 16.7 Å². The smallest absolute Gasteiger partial charge is 0.309 e. The fraction of sp³-hybridized carbons (Fsp3) is 0.0833. The highest BCUT2D eigenvalue weighted by molar-refractivity contribution is 8.03. The van der Waals surface area contributed by atoms with Gasteiger partial charge in [0, 0.05) is 6.54 Å². The summed E-state index contributed by atoms with van der Waals surface area (Å²) in [5.74, 6) is -1.78. The van der Waals surface area contributed by atoms with Gasteiger partial charge in [0.15, 0.2) is 0 Å². The zero-order chi connectivity index (χ0) is 20.5. The van der Waals surface area contributed by atoms with Crippen LogP contribution in [0.1, 0.15) is 16.7 Å². The molecule has 0 aliphatic rings. The van der Waals surface area contributed by atoms with Gasteiger partial charge < -0.3 is 11.1 Å². The Morgan fingerprint density at radius 1 is 0.793 bits per heavy atom. The van der Waals surface area contributed by atoms with E-state index in [4.69, 9.17) is 5.73 Å². The van der Waals surface area contributed by atoms with Gasteiger partial charge in [-0.2, -0.15) is 0 Å². The van der Waals surface area contributed by atoms with E-state index in [-0.39, 0.29) is 6.54 Å². The van der Waals surface area contributed by atoms with Crippen LogP contribution < -0.4 is 11.1 Å². The second-order valence-corrected chi connectivity index (χ2v) is 7.46. The van der Waals surface area contributed by atoms with Crippen LogP contribution >= 0.6 is 11.8 Å². The molecule has 146 valence electrons. The minimum absolute atomic E-state index is 0.225. The monoisotopic (exact) mass is 402 g/mol. The van der Waals surface area contributed by atoms with Gasteiger partial charge in [0.25, 0.3) is 0 Å². The summed E-state index contributed by atoms with van der Waals surface area (Å²) in [6.07, 6.45) is 1.81. The lowest BCUT2D eigenvalue weighted by Crippen LogP contribution is -2.35. The van der Waals surface area contributed by atoms with Crippen molar-refractivity contribution in [1.82, 2.24) is 5.32 Å². The highest BCUT2D eigenvalue weighted by Gasteiger charge is 2.36. The van der Waals surface area contributed by atoms with E-state index < -0.39 is 16.6 Å². The Morgan fingerprint density at radius 2 is 1.21 bits per heavy atom. The third-order valence-electron chi connectivity index (χ3n) is 4.49. The van der Waals surface area contributed by atoms with Crippen molar-refractivity contribution in [3.8, 4) is 0 Å². The zero-order valence-corrected chi connectivity index (χ0v) is 16.6. The molecule has 0 heterocycles. The Labute approximate surface area is 174 Å². The second kappa shape index (κ2) is 9.75. The highest BCUT2D eigenvalue weighted by Crippen LogP contribution is 2.48. The third-order valence-corrected chi connectivity index (χ3v) is 5.88. The van der Waals surface area contributed by atoms with Crippen LogP contribution in [0.5, 0.6) is 0 Å². The number of amides is 2. The summed E-state index contributed by atoms with van der Waals surface area (Å²) >= 11 is 1.64. The van der Waals surface area contributed by atoms with E-state index in [9.17, 15) is 9.59 Å². The highest BCUT2D eigenvalue weighted by atomic mass is 32.2. The minimum Gasteiger partial charge on any atom is -0.361 e. The van der Waals surface area contributed by atoms with Crippen molar-refractivity contribution in [1.29, 1.82) is 0 Å².